The van der Waals surface area contributed by atoms with E-state index in [1.165, 1.54) is 30.0 Å². The number of halogens is 1. The molecule has 1 unspecified atom stereocenters. The van der Waals surface area contributed by atoms with E-state index in [-0.39, 0.29) is 34.9 Å². The van der Waals surface area contributed by atoms with Crippen molar-refractivity contribution in [3.8, 4) is 5.75 Å². The van der Waals surface area contributed by atoms with Crippen LogP contribution in [0, 0.1) is 0 Å². The normalized spacial score (nSPS) is 11.9. The van der Waals surface area contributed by atoms with Gasteiger partial charge in [0.1, 0.15) is 5.75 Å². The molecule has 0 bridgehead atoms. The van der Waals surface area contributed by atoms with Crippen LogP contribution < -0.4 is 10.7 Å². The minimum Gasteiger partial charge on any atom is -0.506 e. The molecule has 0 heterocycles. The Balaban J connectivity index is 1.43. The second-order valence-electron chi connectivity index (χ2n) is 8.47. The molecule has 1 atom stereocenters. The summed E-state index contributed by atoms with van der Waals surface area (Å²) in [6.07, 6.45) is 1.50. The Labute approximate surface area is 229 Å². The number of benzene rings is 4. The highest BCUT2D eigenvalue weighted by molar-refractivity contribution is 7.98. The molecule has 0 fully saturated rings. The van der Waals surface area contributed by atoms with Gasteiger partial charge in [0, 0.05) is 28.2 Å². The van der Waals surface area contributed by atoms with Crippen molar-refractivity contribution in [2.45, 2.75) is 11.8 Å². The van der Waals surface area contributed by atoms with E-state index in [1.807, 2.05) is 54.6 Å². The summed E-state index contributed by atoms with van der Waals surface area (Å²) in [4.78, 5) is 25.5. The smallest absolute Gasteiger partial charge is 0.271 e. The molecular formula is C29H26ClN3O4S. The number of hydrogen-bond acceptors (Lipinski definition) is 6. The summed E-state index contributed by atoms with van der Waals surface area (Å²) in [7, 11) is 0. The number of phenols is 1. The number of carbonyl (C=O) groups is 2. The summed E-state index contributed by atoms with van der Waals surface area (Å²) >= 11 is 7.52. The topological polar surface area (TPSA) is 111 Å². The Hall–Kier alpha value is -3.85. The van der Waals surface area contributed by atoms with Gasteiger partial charge in [0.25, 0.3) is 11.8 Å². The van der Waals surface area contributed by atoms with E-state index in [4.69, 9.17) is 11.6 Å². The van der Waals surface area contributed by atoms with Crippen LogP contribution in [0.5, 0.6) is 5.75 Å². The molecule has 0 spiro atoms. The van der Waals surface area contributed by atoms with Gasteiger partial charge in [-0.15, -0.1) is 0 Å². The van der Waals surface area contributed by atoms with E-state index >= 15 is 0 Å². The number of fused-ring (bicyclic) bond motifs is 1. The van der Waals surface area contributed by atoms with Gasteiger partial charge in [-0.25, -0.2) is 5.43 Å². The molecule has 0 aliphatic carbocycles. The molecule has 0 saturated carbocycles. The number of thioether (sulfide) groups is 1. The van der Waals surface area contributed by atoms with Crippen LogP contribution in [0.25, 0.3) is 10.8 Å². The maximum Gasteiger partial charge on any atom is 0.271 e. The molecule has 0 aromatic heterocycles. The number of amides is 2. The largest absolute Gasteiger partial charge is 0.506 e. The number of aromatic hydroxyl groups is 1. The summed E-state index contributed by atoms with van der Waals surface area (Å²) in [5.74, 6) is 0.496. The van der Waals surface area contributed by atoms with E-state index in [0.29, 0.717) is 16.9 Å². The predicted molar refractivity (Wildman–Crippen MR) is 153 cm³/mol. The van der Waals surface area contributed by atoms with Crippen molar-refractivity contribution >= 4 is 52.2 Å². The summed E-state index contributed by atoms with van der Waals surface area (Å²) in [6, 6.07) is 24.6. The van der Waals surface area contributed by atoms with Gasteiger partial charge in [-0.3, -0.25) is 9.59 Å². The van der Waals surface area contributed by atoms with Crippen molar-refractivity contribution in [1.29, 1.82) is 0 Å². The zero-order valence-electron chi connectivity index (χ0n) is 20.3. The number of rotatable bonds is 10. The van der Waals surface area contributed by atoms with Crippen LogP contribution in [0.1, 0.15) is 31.8 Å². The monoisotopic (exact) mass is 547 g/mol. The highest BCUT2D eigenvalue weighted by Gasteiger charge is 2.16. The van der Waals surface area contributed by atoms with Crippen molar-refractivity contribution in [3.05, 3.63) is 112 Å². The predicted octanol–water partition coefficient (Wildman–Crippen LogP) is 4.99. The number of aliphatic hydroxyl groups is 1. The Bertz CT molecular complexity index is 1460. The van der Waals surface area contributed by atoms with Gasteiger partial charge in [-0.05, 0) is 40.6 Å². The summed E-state index contributed by atoms with van der Waals surface area (Å²) in [6.45, 7) is -0.165. The highest BCUT2D eigenvalue weighted by atomic mass is 35.5. The number of hydrogen-bond donors (Lipinski definition) is 4. The van der Waals surface area contributed by atoms with E-state index < -0.39 is 5.91 Å². The van der Waals surface area contributed by atoms with Crippen molar-refractivity contribution < 1.29 is 19.8 Å². The van der Waals surface area contributed by atoms with E-state index in [9.17, 15) is 19.8 Å². The molecule has 4 aromatic rings. The first-order valence-corrected chi connectivity index (χ1v) is 13.4. The molecule has 4 rings (SSSR count). The van der Waals surface area contributed by atoms with Crippen LogP contribution in [0.15, 0.2) is 90.0 Å². The minimum absolute atomic E-state index is 0.0692. The Morgan fingerprint density at radius 1 is 0.947 bits per heavy atom. The van der Waals surface area contributed by atoms with Gasteiger partial charge in [0.2, 0.25) is 0 Å². The molecule has 38 heavy (non-hydrogen) atoms. The summed E-state index contributed by atoms with van der Waals surface area (Å²) < 4.78 is 0. The molecule has 0 aliphatic rings. The highest BCUT2D eigenvalue weighted by Crippen LogP contribution is 2.24. The van der Waals surface area contributed by atoms with Crippen LogP contribution >= 0.6 is 23.4 Å². The van der Waals surface area contributed by atoms with Gasteiger partial charge < -0.3 is 15.5 Å². The van der Waals surface area contributed by atoms with Gasteiger partial charge in [0.05, 0.1) is 23.9 Å². The molecular weight excluding hydrogens is 522 g/mol. The molecule has 0 radical (unpaired) electrons. The van der Waals surface area contributed by atoms with E-state index in [1.54, 1.807) is 23.9 Å². The van der Waals surface area contributed by atoms with Gasteiger partial charge in [0.15, 0.2) is 0 Å². The molecule has 0 saturated heterocycles. The molecule has 9 heteroatoms. The average molecular weight is 548 g/mol. The Kier molecular flexibility index (Phi) is 9.37. The van der Waals surface area contributed by atoms with Crippen molar-refractivity contribution in [3.63, 3.8) is 0 Å². The van der Waals surface area contributed by atoms with Crippen LogP contribution in [0.4, 0.5) is 0 Å². The third-order valence-electron chi connectivity index (χ3n) is 5.77. The lowest BCUT2D eigenvalue weighted by molar-refractivity contribution is 0.0923. The zero-order valence-corrected chi connectivity index (χ0v) is 21.9. The quantitative estimate of drug-likeness (QED) is 0.165. The van der Waals surface area contributed by atoms with Crippen molar-refractivity contribution in [2.24, 2.45) is 5.10 Å². The van der Waals surface area contributed by atoms with Crippen LogP contribution in [0.2, 0.25) is 5.02 Å². The van der Waals surface area contributed by atoms with Crippen molar-refractivity contribution in [1.82, 2.24) is 10.7 Å². The lowest BCUT2D eigenvalue weighted by Gasteiger charge is -2.17. The molecule has 194 valence electrons. The molecule has 7 nitrogen and oxygen atoms in total. The standard InChI is InChI=1S/C29H26ClN3O4S/c30-26-14-20(11-13-27(26)35)28(36)33-31-15-21-10-12-25(24-9-5-4-8-23(21)24)29(37)32-22(16-34)18-38-17-19-6-2-1-3-7-19/h1-15,22,34-35H,16-18H2,(H,32,37)(H,33,36)/b31-15+. The minimum atomic E-state index is -0.483. The first-order chi connectivity index (χ1) is 18.5. The number of nitrogens with one attached hydrogen (secondary N) is 2. The van der Waals surface area contributed by atoms with Gasteiger partial charge >= 0.3 is 0 Å². The van der Waals surface area contributed by atoms with Crippen LogP contribution in [0.3, 0.4) is 0 Å². The number of hydrazone groups is 1. The molecule has 2 amide bonds. The van der Waals surface area contributed by atoms with E-state index in [2.05, 4.69) is 15.8 Å². The van der Waals surface area contributed by atoms with Crippen LogP contribution in [-0.4, -0.2) is 46.6 Å². The molecule has 0 aliphatic heterocycles. The fraction of sp³-hybridized carbons (Fsp3) is 0.138. The second kappa shape index (κ2) is 13.1. The summed E-state index contributed by atoms with van der Waals surface area (Å²) in [5, 5.41) is 27.9. The maximum absolute atomic E-state index is 13.1. The summed E-state index contributed by atoms with van der Waals surface area (Å²) in [5.41, 5.74) is 5.07. The number of carbonyl (C=O) groups excluding carboxylic acids is 2. The number of aliphatic hydroxyl groups excluding tert-OH is 1. The molecule has 4 N–H and O–H groups in total. The fourth-order valence-electron chi connectivity index (χ4n) is 3.80. The zero-order chi connectivity index (χ0) is 26.9. The fourth-order valence-corrected chi connectivity index (χ4v) is 5.00. The van der Waals surface area contributed by atoms with Gasteiger partial charge in [-0.2, -0.15) is 16.9 Å². The first kappa shape index (κ1) is 27.2. The Morgan fingerprint density at radius 2 is 1.68 bits per heavy atom. The molecule has 4 aromatic carbocycles. The number of nitrogens with zero attached hydrogens (tertiary/aromatic N) is 1. The third-order valence-corrected chi connectivity index (χ3v) is 7.25. The maximum atomic E-state index is 13.1. The van der Waals surface area contributed by atoms with E-state index in [0.717, 1.165) is 16.5 Å². The first-order valence-electron chi connectivity index (χ1n) is 11.8. The number of phenolic OH excluding ortho intramolecular Hbond substituents is 1. The third kappa shape index (κ3) is 6.92. The van der Waals surface area contributed by atoms with Crippen molar-refractivity contribution in [2.75, 3.05) is 12.4 Å². The Morgan fingerprint density at radius 3 is 2.42 bits per heavy atom. The average Bonchev–Trinajstić information content (AvgIpc) is 2.94. The lowest BCUT2D eigenvalue weighted by Crippen LogP contribution is -2.39. The lowest BCUT2D eigenvalue weighted by atomic mass is 9.99. The SMILES string of the molecule is O=C(N/N=C/c1ccc(C(=O)NC(CO)CSCc2ccccc2)c2ccccc12)c1ccc(O)c(Cl)c1. The van der Waals surface area contributed by atoms with Gasteiger partial charge in [-0.1, -0.05) is 72.3 Å². The van der Waals surface area contributed by atoms with Crippen LogP contribution in [-0.2, 0) is 5.75 Å². The second-order valence-corrected chi connectivity index (χ2v) is 9.90.